The van der Waals surface area contributed by atoms with Gasteiger partial charge in [-0.1, -0.05) is 0 Å². The molecule has 106 valence electrons. The molecule has 0 radical (unpaired) electrons. The number of ether oxygens (including phenoxy) is 2. The highest BCUT2D eigenvalue weighted by Gasteiger charge is 2.10. The summed E-state index contributed by atoms with van der Waals surface area (Å²) in [7, 11) is 2.92. The van der Waals surface area contributed by atoms with E-state index in [1.54, 1.807) is 7.11 Å². The zero-order chi connectivity index (χ0) is 14.3. The van der Waals surface area contributed by atoms with Crippen LogP contribution < -0.4 is 15.8 Å². The number of amides is 1. The average molecular weight is 270 g/mol. The number of nitrogens with one attached hydrogen (secondary N) is 1. The minimum Gasteiger partial charge on any atom is -0.494 e. The predicted octanol–water partition coefficient (Wildman–Crippen LogP) is 0.928. The van der Waals surface area contributed by atoms with Crippen LogP contribution in [0.1, 0.15) is 16.8 Å². The molecule has 0 aliphatic carbocycles. The van der Waals surface area contributed by atoms with Crippen LogP contribution in [-0.2, 0) is 4.74 Å². The summed E-state index contributed by atoms with van der Waals surface area (Å²) in [5.74, 6) is -0.743. The van der Waals surface area contributed by atoms with Crippen LogP contribution in [0.5, 0.6) is 5.75 Å². The molecule has 0 saturated heterocycles. The molecule has 0 bridgehead atoms. The van der Waals surface area contributed by atoms with Crippen LogP contribution in [0.3, 0.4) is 0 Å². The predicted molar refractivity (Wildman–Crippen MR) is 69.8 cm³/mol. The van der Waals surface area contributed by atoms with Crippen LogP contribution in [-0.4, -0.2) is 39.3 Å². The van der Waals surface area contributed by atoms with E-state index in [0.29, 0.717) is 25.1 Å². The maximum absolute atomic E-state index is 13.2. The molecule has 1 aromatic carbocycles. The van der Waals surface area contributed by atoms with Gasteiger partial charge in [-0.2, -0.15) is 0 Å². The first-order valence-corrected chi connectivity index (χ1v) is 5.94. The molecule has 0 heterocycles. The molecule has 1 rings (SSSR count). The highest BCUT2D eigenvalue weighted by molar-refractivity contribution is 5.94. The summed E-state index contributed by atoms with van der Waals surface area (Å²) in [6, 6.07) is 3.85. The Labute approximate surface area is 111 Å². The smallest absolute Gasteiger partial charge is 0.251 e. The van der Waals surface area contributed by atoms with Crippen molar-refractivity contribution in [2.24, 2.45) is 5.73 Å². The van der Waals surface area contributed by atoms with Crippen LogP contribution >= 0.6 is 0 Å². The Morgan fingerprint density at radius 1 is 1.47 bits per heavy atom. The lowest BCUT2D eigenvalue weighted by molar-refractivity contribution is 0.0949. The zero-order valence-electron chi connectivity index (χ0n) is 11.1. The van der Waals surface area contributed by atoms with Crippen LogP contribution in [0, 0.1) is 5.82 Å². The van der Waals surface area contributed by atoms with Crippen molar-refractivity contribution < 1.29 is 18.7 Å². The van der Waals surface area contributed by atoms with Crippen LogP contribution in [0.4, 0.5) is 4.39 Å². The van der Waals surface area contributed by atoms with Gasteiger partial charge >= 0.3 is 0 Å². The van der Waals surface area contributed by atoms with Gasteiger partial charge in [-0.15, -0.1) is 0 Å². The highest BCUT2D eigenvalue weighted by atomic mass is 19.1. The molecule has 0 aromatic heterocycles. The van der Waals surface area contributed by atoms with Crippen molar-refractivity contribution in [1.29, 1.82) is 0 Å². The SMILES string of the molecule is COCC(N)CCNC(=O)c1ccc(F)c(OC)c1. The third-order valence-electron chi connectivity index (χ3n) is 2.59. The Kier molecular flexibility index (Phi) is 6.24. The van der Waals surface area contributed by atoms with Crippen molar-refractivity contribution in [1.82, 2.24) is 5.32 Å². The van der Waals surface area contributed by atoms with E-state index in [4.69, 9.17) is 15.2 Å². The lowest BCUT2D eigenvalue weighted by Crippen LogP contribution is -2.32. The number of rotatable bonds is 7. The third-order valence-corrected chi connectivity index (χ3v) is 2.59. The molecule has 1 unspecified atom stereocenters. The van der Waals surface area contributed by atoms with Gasteiger partial charge in [0.05, 0.1) is 13.7 Å². The molecule has 1 atom stereocenters. The molecule has 0 fully saturated rings. The number of carbonyl (C=O) groups excluding carboxylic acids is 1. The molecule has 19 heavy (non-hydrogen) atoms. The molecule has 0 spiro atoms. The summed E-state index contributed by atoms with van der Waals surface area (Å²) >= 11 is 0. The van der Waals surface area contributed by atoms with E-state index in [-0.39, 0.29) is 17.7 Å². The maximum Gasteiger partial charge on any atom is 0.251 e. The van der Waals surface area contributed by atoms with E-state index < -0.39 is 5.82 Å². The largest absolute Gasteiger partial charge is 0.494 e. The first-order chi connectivity index (χ1) is 9.08. The minimum atomic E-state index is -0.499. The Hall–Kier alpha value is -1.66. The summed E-state index contributed by atoms with van der Waals surface area (Å²) in [6.45, 7) is 0.878. The lowest BCUT2D eigenvalue weighted by atomic mass is 10.2. The number of methoxy groups -OCH3 is 2. The number of benzene rings is 1. The fourth-order valence-electron chi connectivity index (χ4n) is 1.57. The van der Waals surface area contributed by atoms with E-state index in [9.17, 15) is 9.18 Å². The van der Waals surface area contributed by atoms with Crippen molar-refractivity contribution >= 4 is 5.91 Å². The average Bonchev–Trinajstić information content (AvgIpc) is 2.39. The van der Waals surface area contributed by atoms with Crippen molar-refractivity contribution in [2.45, 2.75) is 12.5 Å². The summed E-state index contributed by atoms with van der Waals surface area (Å²) in [5, 5.41) is 2.71. The molecule has 0 saturated carbocycles. The Morgan fingerprint density at radius 3 is 2.84 bits per heavy atom. The maximum atomic E-state index is 13.2. The van der Waals surface area contributed by atoms with Crippen molar-refractivity contribution in [3.05, 3.63) is 29.6 Å². The van der Waals surface area contributed by atoms with Gasteiger partial charge in [-0.3, -0.25) is 4.79 Å². The van der Waals surface area contributed by atoms with Gasteiger partial charge in [0.1, 0.15) is 0 Å². The quantitative estimate of drug-likeness (QED) is 0.773. The topological polar surface area (TPSA) is 73.6 Å². The molecule has 0 aliphatic rings. The van der Waals surface area contributed by atoms with E-state index in [0.717, 1.165) is 0 Å². The Bertz CT molecular complexity index is 426. The van der Waals surface area contributed by atoms with Gasteiger partial charge < -0.3 is 20.5 Å². The summed E-state index contributed by atoms with van der Waals surface area (Å²) in [5.41, 5.74) is 6.07. The Morgan fingerprint density at radius 2 is 2.21 bits per heavy atom. The molecule has 0 aliphatic heterocycles. The minimum absolute atomic E-state index is 0.0451. The van der Waals surface area contributed by atoms with Crippen molar-refractivity contribution in [3.8, 4) is 5.75 Å². The van der Waals surface area contributed by atoms with Gasteiger partial charge in [0.15, 0.2) is 11.6 Å². The lowest BCUT2D eigenvalue weighted by Gasteiger charge is -2.11. The van der Waals surface area contributed by atoms with Gasteiger partial charge in [-0.05, 0) is 24.6 Å². The summed E-state index contributed by atoms with van der Waals surface area (Å²) in [4.78, 5) is 11.8. The summed E-state index contributed by atoms with van der Waals surface area (Å²) < 4.78 is 22.9. The zero-order valence-corrected chi connectivity index (χ0v) is 11.1. The second kappa shape index (κ2) is 7.70. The Balaban J connectivity index is 2.49. The van der Waals surface area contributed by atoms with Gasteiger partial charge in [0.25, 0.3) is 5.91 Å². The normalized spacial score (nSPS) is 12.0. The van der Waals surface area contributed by atoms with Crippen LogP contribution in [0.25, 0.3) is 0 Å². The number of nitrogens with two attached hydrogens (primary N) is 1. The molecule has 3 N–H and O–H groups in total. The summed E-state index contributed by atoms with van der Waals surface area (Å²) in [6.07, 6.45) is 0.609. The molecule has 1 aromatic rings. The first-order valence-electron chi connectivity index (χ1n) is 5.94. The van der Waals surface area contributed by atoms with E-state index in [2.05, 4.69) is 5.32 Å². The van der Waals surface area contributed by atoms with E-state index in [1.165, 1.54) is 25.3 Å². The van der Waals surface area contributed by atoms with Crippen molar-refractivity contribution in [2.75, 3.05) is 27.4 Å². The monoisotopic (exact) mass is 270 g/mol. The van der Waals surface area contributed by atoms with E-state index >= 15 is 0 Å². The van der Waals surface area contributed by atoms with Crippen LogP contribution in [0.2, 0.25) is 0 Å². The van der Waals surface area contributed by atoms with Crippen molar-refractivity contribution in [3.63, 3.8) is 0 Å². The second-order valence-electron chi connectivity index (χ2n) is 4.11. The molecule has 5 nitrogen and oxygen atoms in total. The number of halogens is 1. The van der Waals surface area contributed by atoms with Crippen LogP contribution in [0.15, 0.2) is 18.2 Å². The molecule has 1 amide bonds. The molecular weight excluding hydrogens is 251 g/mol. The standard InChI is InChI=1S/C13H19FN2O3/c1-18-8-10(15)5-6-16-13(17)9-3-4-11(14)12(7-9)19-2/h3-4,7,10H,5-6,8,15H2,1-2H3,(H,16,17). The van der Waals surface area contributed by atoms with Gasteiger partial charge in [0, 0.05) is 25.3 Å². The van der Waals surface area contributed by atoms with Gasteiger partial charge in [-0.25, -0.2) is 4.39 Å². The highest BCUT2D eigenvalue weighted by Crippen LogP contribution is 2.17. The number of hydrogen-bond donors (Lipinski definition) is 2. The fraction of sp³-hybridized carbons (Fsp3) is 0.462. The first kappa shape index (κ1) is 15.4. The van der Waals surface area contributed by atoms with Gasteiger partial charge in [0.2, 0.25) is 0 Å². The molecular formula is C13H19FN2O3. The number of carbonyl (C=O) groups is 1. The number of hydrogen-bond acceptors (Lipinski definition) is 4. The second-order valence-corrected chi connectivity index (χ2v) is 4.11. The molecule has 6 heteroatoms. The third kappa shape index (κ3) is 4.84. The fourth-order valence-corrected chi connectivity index (χ4v) is 1.57. The van der Waals surface area contributed by atoms with E-state index in [1.807, 2.05) is 0 Å².